The molecule has 11 heavy (non-hydrogen) atoms. The van der Waals surface area contributed by atoms with E-state index in [0.717, 1.165) is 0 Å². The molecule has 4 heteroatoms. The molecule has 0 saturated carbocycles. The summed E-state index contributed by atoms with van der Waals surface area (Å²) in [7, 11) is 5.96. The van der Waals surface area contributed by atoms with Gasteiger partial charge in [-0.1, -0.05) is 0 Å². The van der Waals surface area contributed by atoms with Gasteiger partial charge < -0.3 is 15.7 Å². The molecule has 0 amide bonds. The fraction of sp³-hybridized carbons (Fsp3) is 0.857. The minimum atomic E-state index is -0.481. The second-order valence-electron chi connectivity index (χ2n) is 3.49. The second-order valence-corrected chi connectivity index (χ2v) is 3.49. The molecule has 0 aliphatic heterocycles. The number of nitrogens with zero attached hydrogens (tertiary/aromatic N) is 2. The van der Waals surface area contributed by atoms with Gasteiger partial charge in [0.05, 0.1) is 33.6 Å². The SMILES string of the molecule is C[N+](C)(C)CC(O)CC#N.N. The maximum absolute atomic E-state index is 9.15. The van der Waals surface area contributed by atoms with Crippen molar-refractivity contribution in [2.24, 2.45) is 0 Å². The molecule has 1 unspecified atom stereocenters. The van der Waals surface area contributed by atoms with E-state index in [0.29, 0.717) is 11.0 Å². The van der Waals surface area contributed by atoms with Crippen LogP contribution < -0.4 is 6.15 Å². The predicted octanol–water partition coefficient (Wildman–Crippen LogP) is 0.129. The highest BCUT2D eigenvalue weighted by Crippen LogP contribution is 1.97. The van der Waals surface area contributed by atoms with Gasteiger partial charge >= 0.3 is 0 Å². The van der Waals surface area contributed by atoms with Crippen molar-refractivity contribution in [1.82, 2.24) is 6.15 Å². The summed E-state index contributed by atoms with van der Waals surface area (Å²) in [6.07, 6.45) is -0.250. The van der Waals surface area contributed by atoms with Crippen molar-refractivity contribution >= 4 is 0 Å². The van der Waals surface area contributed by atoms with Crippen LogP contribution in [0.4, 0.5) is 0 Å². The molecule has 0 heterocycles. The Morgan fingerprint density at radius 2 is 1.91 bits per heavy atom. The van der Waals surface area contributed by atoms with Crippen molar-refractivity contribution in [2.45, 2.75) is 12.5 Å². The van der Waals surface area contributed by atoms with Crippen LogP contribution in [0.15, 0.2) is 0 Å². The van der Waals surface area contributed by atoms with E-state index in [2.05, 4.69) is 0 Å². The first-order valence-corrected chi connectivity index (χ1v) is 3.31. The Morgan fingerprint density at radius 1 is 1.45 bits per heavy atom. The molecule has 0 spiro atoms. The highest BCUT2D eigenvalue weighted by Gasteiger charge is 2.14. The molecule has 4 N–H and O–H groups in total. The Kier molecular flexibility index (Phi) is 6.00. The molecule has 1 atom stereocenters. The summed E-state index contributed by atoms with van der Waals surface area (Å²) in [4.78, 5) is 0. The standard InChI is InChI=1S/C7H15N2O.H3N/c1-9(2,3)6-7(10)4-5-8;/h7,10H,4,6H2,1-3H3;1H3/q+1;. The molecule has 4 nitrogen and oxygen atoms in total. The van der Waals surface area contributed by atoms with Gasteiger partial charge in [-0.25, -0.2) is 0 Å². The molecule has 0 aromatic carbocycles. The number of quaternary nitrogens is 1. The van der Waals surface area contributed by atoms with Crippen molar-refractivity contribution in [1.29, 1.82) is 5.26 Å². The maximum atomic E-state index is 9.15. The Bertz CT molecular complexity index is 134. The Labute approximate surface area is 68.2 Å². The van der Waals surface area contributed by atoms with E-state index in [9.17, 15) is 0 Å². The number of likely N-dealkylation sites (N-methyl/N-ethyl adjacent to an activating group) is 1. The Balaban J connectivity index is 0. The second kappa shape index (κ2) is 5.08. The number of aliphatic hydroxyl groups is 1. The zero-order chi connectivity index (χ0) is 8.20. The molecule has 0 aliphatic rings. The minimum Gasteiger partial charge on any atom is -0.386 e. The summed E-state index contributed by atoms with van der Waals surface area (Å²) in [5, 5.41) is 17.4. The van der Waals surface area contributed by atoms with Crippen LogP contribution in [0.5, 0.6) is 0 Å². The molecule has 0 aliphatic carbocycles. The van der Waals surface area contributed by atoms with Crippen LogP contribution in [0, 0.1) is 11.3 Å². The molecule has 0 bridgehead atoms. The zero-order valence-corrected chi connectivity index (χ0v) is 7.54. The lowest BCUT2D eigenvalue weighted by Gasteiger charge is -2.25. The van der Waals surface area contributed by atoms with Gasteiger partial charge in [-0.3, -0.25) is 0 Å². The smallest absolute Gasteiger partial charge is 0.116 e. The lowest BCUT2D eigenvalue weighted by atomic mass is 10.2. The van der Waals surface area contributed by atoms with Gasteiger partial charge in [-0.2, -0.15) is 5.26 Å². The first-order chi connectivity index (χ1) is 4.45. The normalized spacial score (nSPS) is 13.0. The van der Waals surface area contributed by atoms with Crippen LogP contribution >= 0.6 is 0 Å². The van der Waals surface area contributed by atoms with Crippen LogP contribution in [0.3, 0.4) is 0 Å². The fourth-order valence-electron chi connectivity index (χ4n) is 0.802. The number of nitriles is 1. The zero-order valence-electron chi connectivity index (χ0n) is 7.54. The first-order valence-electron chi connectivity index (χ1n) is 3.31. The van der Waals surface area contributed by atoms with E-state index < -0.39 is 6.10 Å². The van der Waals surface area contributed by atoms with Crippen LogP contribution in [0.2, 0.25) is 0 Å². The molecule has 0 radical (unpaired) electrons. The summed E-state index contributed by atoms with van der Waals surface area (Å²) in [5.74, 6) is 0. The Morgan fingerprint density at radius 3 is 2.18 bits per heavy atom. The Hall–Kier alpha value is -0.630. The maximum Gasteiger partial charge on any atom is 0.116 e. The lowest BCUT2D eigenvalue weighted by molar-refractivity contribution is -0.873. The van der Waals surface area contributed by atoms with Gasteiger partial charge in [0.15, 0.2) is 0 Å². The lowest BCUT2D eigenvalue weighted by Crippen LogP contribution is -2.41. The van der Waals surface area contributed by atoms with Crippen molar-refractivity contribution in [3.63, 3.8) is 0 Å². The average Bonchev–Trinajstić information content (AvgIpc) is 1.59. The van der Waals surface area contributed by atoms with E-state index >= 15 is 0 Å². The van der Waals surface area contributed by atoms with Crippen LogP contribution in [-0.4, -0.2) is 43.4 Å². The third-order valence-electron chi connectivity index (χ3n) is 1.09. The van der Waals surface area contributed by atoms with Crippen LogP contribution in [-0.2, 0) is 0 Å². The van der Waals surface area contributed by atoms with Gasteiger partial charge in [-0.15, -0.1) is 0 Å². The summed E-state index contributed by atoms with van der Waals surface area (Å²) in [6, 6.07) is 1.93. The van der Waals surface area contributed by atoms with E-state index in [1.54, 1.807) is 0 Å². The van der Waals surface area contributed by atoms with Gasteiger partial charge in [0.25, 0.3) is 0 Å². The van der Waals surface area contributed by atoms with Crippen molar-refractivity contribution < 1.29 is 9.59 Å². The molecular weight excluding hydrogens is 142 g/mol. The molecule has 0 rings (SSSR count). The number of aliphatic hydroxyl groups excluding tert-OH is 1. The van der Waals surface area contributed by atoms with Gasteiger partial charge in [0.2, 0.25) is 0 Å². The summed E-state index contributed by atoms with van der Waals surface area (Å²) in [6.45, 7) is 0.633. The third kappa shape index (κ3) is 9.37. The van der Waals surface area contributed by atoms with Crippen LogP contribution in [0.25, 0.3) is 0 Å². The molecular formula is C7H18N3O+. The quantitative estimate of drug-likeness (QED) is 0.576. The average molecular weight is 160 g/mol. The summed E-state index contributed by atoms with van der Waals surface area (Å²) < 4.78 is 0.697. The van der Waals surface area contributed by atoms with Crippen LogP contribution in [0.1, 0.15) is 6.42 Å². The highest BCUT2D eigenvalue weighted by atomic mass is 16.3. The number of hydrogen-bond acceptors (Lipinski definition) is 3. The fourth-order valence-corrected chi connectivity index (χ4v) is 0.802. The largest absolute Gasteiger partial charge is 0.386 e. The van der Waals surface area contributed by atoms with Gasteiger partial charge in [0, 0.05) is 0 Å². The summed E-state index contributed by atoms with van der Waals surface area (Å²) in [5.41, 5.74) is 0. The van der Waals surface area contributed by atoms with E-state index in [1.807, 2.05) is 27.2 Å². The minimum absolute atomic E-state index is 0. The molecule has 0 fully saturated rings. The monoisotopic (exact) mass is 160 g/mol. The van der Waals surface area contributed by atoms with Crippen molar-refractivity contribution in [3.8, 4) is 6.07 Å². The topological polar surface area (TPSA) is 79.0 Å². The predicted molar refractivity (Wildman–Crippen MR) is 44.2 cm³/mol. The van der Waals surface area contributed by atoms with Gasteiger partial charge in [0.1, 0.15) is 12.6 Å². The molecule has 66 valence electrons. The van der Waals surface area contributed by atoms with Crippen molar-refractivity contribution in [2.75, 3.05) is 27.7 Å². The molecule has 0 aromatic rings. The molecule has 0 saturated heterocycles. The van der Waals surface area contributed by atoms with Crippen molar-refractivity contribution in [3.05, 3.63) is 0 Å². The highest BCUT2D eigenvalue weighted by molar-refractivity contribution is 4.74. The summed E-state index contributed by atoms with van der Waals surface area (Å²) >= 11 is 0. The third-order valence-corrected chi connectivity index (χ3v) is 1.09. The van der Waals surface area contributed by atoms with Gasteiger partial charge in [-0.05, 0) is 0 Å². The van der Waals surface area contributed by atoms with E-state index in [1.165, 1.54) is 0 Å². The first kappa shape index (κ1) is 13.0. The van der Waals surface area contributed by atoms with E-state index in [-0.39, 0.29) is 12.6 Å². The number of rotatable bonds is 3. The van der Waals surface area contributed by atoms with E-state index in [4.69, 9.17) is 10.4 Å². The number of hydrogen-bond donors (Lipinski definition) is 2. The molecule has 0 aromatic heterocycles.